The van der Waals surface area contributed by atoms with E-state index in [1.54, 1.807) is 0 Å². The van der Waals surface area contributed by atoms with Gasteiger partial charge in [0.25, 0.3) is 5.91 Å². The molecular weight excluding hydrogens is 344 g/mol. The summed E-state index contributed by atoms with van der Waals surface area (Å²) in [5.41, 5.74) is -1.24. The largest absolute Gasteiger partial charge is 0.472 e. The molecule has 0 unspecified atom stereocenters. The maximum atomic E-state index is 13.0. The van der Waals surface area contributed by atoms with Gasteiger partial charge in [-0.25, -0.2) is 4.39 Å². The quantitative estimate of drug-likeness (QED) is 0.808. The Morgan fingerprint density at radius 1 is 1.24 bits per heavy atom. The number of hydrogen-bond donors (Lipinski definition) is 2. The van der Waals surface area contributed by atoms with Crippen molar-refractivity contribution >= 4 is 11.8 Å². The number of halogens is 4. The predicted molar refractivity (Wildman–Crippen MR) is 78.9 cm³/mol. The van der Waals surface area contributed by atoms with Crippen LogP contribution in [0.2, 0.25) is 0 Å². The summed E-state index contributed by atoms with van der Waals surface area (Å²) in [4.78, 5) is 23.7. The Bertz CT molecular complexity index is 757. The van der Waals surface area contributed by atoms with Crippen LogP contribution in [0.3, 0.4) is 0 Å². The number of alkyl halides is 3. The molecule has 0 aliphatic carbocycles. The van der Waals surface area contributed by atoms with E-state index >= 15 is 0 Å². The molecule has 25 heavy (non-hydrogen) atoms. The van der Waals surface area contributed by atoms with Crippen molar-refractivity contribution in [2.75, 3.05) is 0 Å². The fourth-order valence-electron chi connectivity index (χ4n) is 2.04. The van der Waals surface area contributed by atoms with Crippen LogP contribution in [-0.4, -0.2) is 17.9 Å². The summed E-state index contributed by atoms with van der Waals surface area (Å²) in [6.07, 6.45) is -2.27. The second kappa shape index (κ2) is 7.37. The molecule has 1 aromatic heterocycles. The maximum absolute atomic E-state index is 13.0. The van der Waals surface area contributed by atoms with Crippen LogP contribution in [0.25, 0.3) is 0 Å². The molecule has 1 heterocycles. The van der Waals surface area contributed by atoms with E-state index in [9.17, 15) is 27.2 Å². The summed E-state index contributed by atoms with van der Waals surface area (Å²) < 4.78 is 56.5. The highest BCUT2D eigenvalue weighted by Gasteiger charge is 2.33. The Morgan fingerprint density at radius 2 is 1.96 bits per heavy atom. The van der Waals surface area contributed by atoms with Crippen LogP contribution >= 0.6 is 0 Å². The third-order valence-corrected chi connectivity index (χ3v) is 3.35. The molecule has 1 aromatic carbocycles. The predicted octanol–water partition coefficient (Wildman–Crippen LogP) is 2.87. The molecule has 5 nitrogen and oxygen atoms in total. The summed E-state index contributed by atoms with van der Waals surface area (Å²) in [6, 6.07) is 2.60. The van der Waals surface area contributed by atoms with Crippen LogP contribution in [0.1, 0.15) is 28.4 Å². The van der Waals surface area contributed by atoms with Crippen molar-refractivity contribution in [2.45, 2.75) is 25.7 Å². The van der Waals surface area contributed by atoms with Crippen LogP contribution in [0, 0.1) is 5.82 Å². The van der Waals surface area contributed by atoms with Crippen molar-refractivity contribution in [3.8, 4) is 0 Å². The Morgan fingerprint density at radius 3 is 2.56 bits per heavy atom. The van der Waals surface area contributed by atoms with Crippen molar-refractivity contribution in [3.63, 3.8) is 0 Å². The van der Waals surface area contributed by atoms with E-state index in [2.05, 4.69) is 10.6 Å². The Balaban J connectivity index is 1.99. The van der Waals surface area contributed by atoms with Crippen molar-refractivity contribution in [1.29, 1.82) is 0 Å². The third-order valence-electron chi connectivity index (χ3n) is 3.35. The number of carbonyl (C=O) groups is 2. The van der Waals surface area contributed by atoms with Gasteiger partial charge in [0.05, 0.1) is 17.4 Å². The smallest absolute Gasteiger partial charge is 0.416 e. The van der Waals surface area contributed by atoms with Gasteiger partial charge in [-0.2, -0.15) is 13.2 Å². The van der Waals surface area contributed by atoms with E-state index in [4.69, 9.17) is 4.42 Å². The monoisotopic (exact) mass is 358 g/mol. The number of benzene rings is 1. The topological polar surface area (TPSA) is 71.3 Å². The Labute approximate surface area is 140 Å². The summed E-state index contributed by atoms with van der Waals surface area (Å²) in [7, 11) is 0. The lowest BCUT2D eigenvalue weighted by atomic mass is 10.1. The SMILES string of the molecule is C[C@H](NC(=O)c1ccoc1)C(=O)NCc1ccc(F)cc1C(F)(F)F. The normalized spacial score (nSPS) is 12.5. The van der Waals surface area contributed by atoms with E-state index in [0.29, 0.717) is 6.07 Å². The lowest BCUT2D eigenvalue weighted by Crippen LogP contribution is -2.44. The maximum Gasteiger partial charge on any atom is 0.416 e. The minimum absolute atomic E-state index is 0.206. The van der Waals surface area contributed by atoms with Crippen molar-refractivity contribution < 1.29 is 31.6 Å². The molecule has 0 spiro atoms. The summed E-state index contributed by atoms with van der Waals surface area (Å²) in [6.45, 7) is 0.919. The second-order valence-electron chi connectivity index (χ2n) is 5.22. The van der Waals surface area contributed by atoms with Gasteiger partial charge in [-0.3, -0.25) is 9.59 Å². The number of rotatable bonds is 5. The fourth-order valence-corrected chi connectivity index (χ4v) is 2.04. The van der Waals surface area contributed by atoms with E-state index in [-0.39, 0.29) is 11.1 Å². The van der Waals surface area contributed by atoms with Gasteiger partial charge in [0, 0.05) is 6.54 Å². The van der Waals surface area contributed by atoms with Crippen LogP contribution in [0.15, 0.2) is 41.2 Å². The summed E-state index contributed by atoms with van der Waals surface area (Å²) in [5.74, 6) is -2.27. The van der Waals surface area contributed by atoms with E-state index in [0.717, 1.165) is 12.1 Å². The molecule has 0 saturated heterocycles. The molecule has 9 heteroatoms. The standard InChI is InChI=1S/C16H14F4N2O3/c1-9(22-15(24)11-4-5-25-8-11)14(23)21-7-10-2-3-12(17)6-13(10)16(18,19)20/h2-6,8-9H,7H2,1H3,(H,21,23)(H,22,24)/t9-/m0/s1. The average Bonchev–Trinajstić information content (AvgIpc) is 3.06. The minimum atomic E-state index is -4.75. The number of carbonyl (C=O) groups excluding carboxylic acids is 2. The van der Waals surface area contributed by atoms with Crippen molar-refractivity contribution in [1.82, 2.24) is 10.6 Å². The Hall–Kier alpha value is -2.84. The highest BCUT2D eigenvalue weighted by molar-refractivity contribution is 5.97. The molecule has 0 aliphatic heterocycles. The zero-order chi connectivity index (χ0) is 18.6. The number of amides is 2. The lowest BCUT2D eigenvalue weighted by Gasteiger charge is -2.16. The van der Waals surface area contributed by atoms with Gasteiger partial charge in [-0.15, -0.1) is 0 Å². The molecule has 1 atom stereocenters. The first-order valence-electron chi connectivity index (χ1n) is 7.15. The first-order valence-corrected chi connectivity index (χ1v) is 7.15. The van der Waals surface area contributed by atoms with Gasteiger partial charge in [-0.1, -0.05) is 6.07 Å². The molecule has 134 valence electrons. The van der Waals surface area contributed by atoms with Crippen LogP contribution in [-0.2, 0) is 17.5 Å². The third kappa shape index (κ3) is 4.82. The zero-order valence-electron chi connectivity index (χ0n) is 13.0. The molecule has 2 aromatic rings. The van der Waals surface area contributed by atoms with Gasteiger partial charge in [0.2, 0.25) is 5.91 Å². The van der Waals surface area contributed by atoms with Gasteiger partial charge in [0.1, 0.15) is 18.1 Å². The van der Waals surface area contributed by atoms with Crippen LogP contribution < -0.4 is 10.6 Å². The van der Waals surface area contributed by atoms with Crippen LogP contribution in [0.5, 0.6) is 0 Å². The first kappa shape index (κ1) is 18.5. The first-order chi connectivity index (χ1) is 11.7. The van der Waals surface area contributed by atoms with Gasteiger partial charge in [-0.05, 0) is 30.7 Å². The molecule has 0 fully saturated rings. The molecule has 2 amide bonds. The number of hydrogen-bond acceptors (Lipinski definition) is 3. The zero-order valence-corrected chi connectivity index (χ0v) is 13.0. The molecule has 2 N–H and O–H groups in total. The molecule has 2 rings (SSSR count). The van der Waals surface area contributed by atoms with Gasteiger partial charge < -0.3 is 15.1 Å². The number of furan rings is 1. The molecule has 0 radical (unpaired) electrons. The van der Waals surface area contributed by atoms with Crippen molar-refractivity contribution in [3.05, 3.63) is 59.3 Å². The average molecular weight is 358 g/mol. The second-order valence-corrected chi connectivity index (χ2v) is 5.22. The van der Waals surface area contributed by atoms with Crippen molar-refractivity contribution in [2.24, 2.45) is 0 Å². The van der Waals surface area contributed by atoms with Gasteiger partial charge in [0.15, 0.2) is 0 Å². The highest BCUT2D eigenvalue weighted by atomic mass is 19.4. The lowest BCUT2D eigenvalue weighted by molar-refractivity contribution is -0.138. The molecular formula is C16H14F4N2O3. The molecule has 0 saturated carbocycles. The molecule has 0 aliphatic rings. The van der Waals surface area contributed by atoms with E-state index in [1.807, 2.05) is 0 Å². The fraction of sp³-hybridized carbons (Fsp3) is 0.250. The molecule has 0 bridgehead atoms. The summed E-state index contributed by atoms with van der Waals surface area (Å²) >= 11 is 0. The minimum Gasteiger partial charge on any atom is -0.472 e. The Kier molecular flexibility index (Phi) is 5.45. The number of nitrogens with one attached hydrogen (secondary N) is 2. The van der Waals surface area contributed by atoms with Crippen LogP contribution in [0.4, 0.5) is 17.6 Å². The summed E-state index contributed by atoms with van der Waals surface area (Å²) in [5, 5.41) is 4.66. The van der Waals surface area contributed by atoms with E-state index < -0.39 is 42.0 Å². The highest BCUT2D eigenvalue weighted by Crippen LogP contribution is 2.32. The van der Waals surface area contributed by atoms with E-state index in [1.165, 1.54) is 25.5 Å². The van der Waals surface area contributed by atoms with Gasteiger partial charge >= 0.3 is 6.18 Å².